The van der Waals surface area contributed by atoms with Gasteiger partial charge in [0.2, 0.25) is 11.6 Å². The Bertz CT molecular complexity index is 807. The summed E-state index contributed by atoms with van der Waals surface area (Å²) in [5.41, 5.74) is 0.681. The first-order valence-electron chi connectivity index (χ1n) is 6.41. The number of hydrogen-bond acceptors (Lipinski definition) is 5. The lowest BCUT2D eigenvalue weighted by atomic mass is 10.1. The van der Waals surface area contributed by atoms with E-state index in [1.165, 1.54) is 18.5 Å². The van der Waals surface area contributed by atoms with Crippen LogP contribution in [0.1, 0.15) is 16.4 Å². The number of carbonyl (C=O) groups is 2. The SMILES string of the molecule is O=C(Cc1ccc(-c2ccc(F)cc2)o1)C(=O)c1nc[nH]n1. The van der Waals surface area contributed by atoms with Crippen molar-refractivity contribution in [3.05, 3.63) is 60.1 Å². The number of benzene rings is 1. The van der Waals surface area contributed by atoms with E-state index in [2.05, 4.69) is 15.2 Å². The van der Waals surface area contributed by atoms with Crippen LogP contribution in [0.3, 0.4) is 0 Å². The Labute approximate surface area is 124 Å². The standard InChI is InChI=1S/C15H10FN3O3/c16-10-3-1-9(2-4-10)13-6-5-11(22-13)7-12(20)14(21)15-17-8-18-19-15/h1-6,8H,7H2,(H,17,18,19). The van der Waals surface area contributed by atoms with Gasteiger partial charge in [-0.3, -0.25) is 14.7 Å². The Morgan fingerprint density at radius 3 is 2.59 bits per heavy atom. The van der Waals surface area contributed by atoms with Gasteiger partial charge in [-0.05, 0) is 36.4 Å². The first-order valence-corrected chi connectivity index (χ1v) is 6.41. The predicted molar refractivity (Wildman–Crippen MR) is 73.5 cm³/mol. The van der Waals surface area contributed by atoms with Crippen molar-refractivity contribution in [3.63, 3.8) is 0 Å². The van der Waals surface area contributed by atoms with E-state index in [-0.39, 0.29) is 18.1 Å². The molecular weight excluding hydrogens is 289 g/mol. The molecule has 6 nitrogen and oxygen atoms in total. The zero-order valence-electron chi connectivity index (χ0n) is 11.2. The number of ketones is 2. The van der Waals surface area contributed by atoms with Crippen LogP contribution < -0.4 is 0 Å². The molecule has 0 bridgehead atoms. The summed E-state index contributed by atoms with van der Waals surface area (Å²) in [5, 5.41) is 5.94. The fourth-order valence-electron chi connectivity index (χ4n) is 1.92. The smallest absolute Gasteiger partial charge is 0.268 e. The third-order valence-electron chi connectivity index (χ3n) is 3.00. The lowest BCUT2D eigenvalue weighted by Crippen LogP contribution is -2.17. The second-order valence-electron chi connectivity index (χ2n) is 4.52. The summed E-state index contributed by atoms with van der Waals surface area (Å²) in [5.74, 6) is -1.12. The van der Waals surface area contributed by atoms with Crippen LogP contribution in [-0.2, 0) is 11.2 Å². The molecule has 0 saturated heterocycles. The van der Waals surface area contributed by atoms with Crippen molar-refractivity contribution in [3.8, 4) is 11.3 Å². The van der Waals surface area contributed by atoms with Crippen molar-refractivity contribution in [2.75, 3.05) is 0 Å². The van der Waals surface area contributed by atoms with Gasteiger partial charge in [0.15, 0.2) is 0 Å². The number of nitrogens with zero attached hydrogens (tertiary/aromatic N) is 2. The second kappa shape index (κ2) is 5.72. The van der Waals surface area contributed by atoms with Gasteiger partial charge in [0.25, 0.3) is 5.78 Å². The average Bonchev–Trinajstić information content (AvgIpc) is 3.18. The predicted octanol–water partition coefficient (Wildman–Crippen LogP) is 2.20. The summed E-state index contributed by atoms with van der Waals surface area (Å²) >= 11 is 0. The molecular formula is C15H10FN3O3. The molecule has 2 heterocycles. The zero-order chi connectivity index (χ0) is 15.5. The summed E-state index contributed by atoms with van der Waals surface area (Å²) in [6, 6.07) is 9.02. The zero-order valence-corrected chi connectivity index (χ0v) is 11.2. The van der Waals surface area contributed by atoms with E-state index in [0.29, 0.717) is 17.1 Å². The number of Topliss-reactive ketones (excluding diaryl/α,β-unsaturated/α-hetero) is 2. The Morgan fingerprint density at radius 2 is 1.91 bits per heavy atom. The normalized spacial score (nSPS) is 10.6. The van der Waals surface area contributed by atoms with Gasteiger partial charge in [0.1, 0.15) is 23.7 Å². The molecule has 0 saturated carbocycles. The molecule has 0 aliphatic carbocycles. The van der Waals surface area contributed by atoms with Crippen molar-refractivity contribution in [2.45, 2.75) is 6.42 Å². The minimum absolute atomic E-state index is 0.171. The van der Waals surface area contributed by atoms with Crippen molar-refractivity contribution in [1.82, 2.24) is 15.2 Å². The van der Waals surface area contributed by atoms with Crippen LogP contribution in [0.2, 0.25) is 0 Å². The molecule has 0 spiro atoms. The lowest BCUT2D eigenvalue weighted by Gasteiger charge is -1.97. The largest absolute Gasteiger partial charge is 0.461 e. The highest BCUT2D eigenvalue weighted by molar-refractivity contribution is 6.42. The average molecular weight is 299 g/mol. The number of carbonyl (C=O) groups excluding carboxylic acids is 2. The number of rotatable bonds is 5. The van der Waals surface area contributed by atoms with Gasteiger partial charge >= 0.3 is 0 Å². The highest BCUT2D eigenvalue weighted by atomic mass is 19.1. The quantitative estimate of drug-likeness (QED) is 0.576. The number of halogens is 1. The second-order valence-corrected chi connectivity index (χ2v) is 4.52. The van der Waals surface area contributed by atoms with Crippen LogP contribution in [0.5, 0.6) is 0 Å². The van der Waals surface area contributed by atoms with Crippen LogP contribution in [0.25, 0.3) is 11.3 Å². The van der Waals surface area contributed by atoms with Gasteiger partial charge in [0, 0.05) is 5.56 Å². The molecule has 22 heavy (non-hydrogen) atoms. The maximum Gasteiger partial charge on any atom is 0.268 e. The Morgan fingerprint density at radius 1 is 1.14 bits per heavy atom. The molecule has 0 fully saturated rings. The molecule has 0 radical (unpaired) electrons. The van der Waals surface area contributed by atoms with Gasteiger partial charge in [-0.1, -0.05) is 0 Å². The van der Waals surface area contributed by atoms with E-state index in [1.807, 2.05) is 0 Å². The maximum absolute atomic E-state index is 12.9. The topological polar surface area (TPSA) is 88.9 Å². The monoisotopic (exact) mass is 299 g/mol. The molecule has 3 aromatic rings. The number of nitrogens with one attached hydrogen (secondary N) is 1. The van der Waals surface area contributed by atoms with Gasteiger partial charge in [-0.25, -0.2) is 9.37 Å². The molecule has 7 heteroatoms. The third-order valence-corrected chi connectivity index (χ3v) is 3.00. The fourth-order valence-corrected chi connectivity index (χ4v) is 1.92. The van der Waals surface area contributed by atoms with Crippen molar-refractivity contribution < 1.29 is 18.4 Å². The number of hydrogen-bond donors (Lipinski definition) is 1. The minimum Gasteiger partial charge on any atom is -0.461 e. The number of H-pyrrole nitrogens is 1. The fraction of sp³-hybridized carbons (Fsp3) is 0.0667. The first-order chi connectivity index (χ1) is 10.6. The molecule has 1 aromatic carbocycles. The molecule has 3 rings (SSSR count). The summed E-state index contributed by atoms with van der Waals surface area (Å²) in [6.45, 7) is 0. The van der Waals surface area contributed by atoms with Crippen molar-refractivity contribution >= 4 is 11.6 Å². The molecule has 0 unspecified atom stereocenters. The number of aromatic amines is 1. The highest BCUT2D eigenvalue weighted by Gasteiger charge is 2.21. The number of aromatic nitrogens is 3. The summed E-state index contributed by atoms with van der Waals surface area (Å²) in [6.07, 6.45) is 1.04. The van der Waals surface area contributed by atoms with E-state index in [0.717, 1.165) is 0 Å². The molecule has 0 amide bonds. The van der Waals surface area contributed by atoms with E-state index < -0.39 is 11.6 Å². The highest BCUT2D eigenvalue weighted by Crippen LogP contribution is 2.22. The summed E-state index contributed by atoms with van der Waals surface area (Å²) < 4.78 is 18.4. The van der Waals surface area contributed by atoms with Gasteiger partial charge in [-0.15, -0.1) is 5.10 Å². The van der Waals surface area contributed by atoms with E-state index in [9.17, 15) is 14.0 Å². The van der Waals surface area contributed by atoms with E-state index in [1.54, 1.807) is 24.3 Å². The van der Waals surface area contributed by atoms with Crippen LogP contribution in [0.15, 0.2) is 47.1 Å². The molecule has 110 valence electrons. The van der Waals surface area contributed by atoms with Crippen LogP contribution in [0, 0.1) is 5.82 Å². The van der Waals surface area contributed by atoms with E-state index in [4.69, 9.17) is 4.42 Å². The maximum atomic E-state index is 12.9. The molecule has 0 atom stereocenters. The Balaban J connectivity index is 1.73. The Kier molecular flexibility index (Phi) is 3.61. The molecule has 2 aromatic heterocycles. The van der Waals surface area contributed by atoms with Crippen LogP contribution >= 0.6 is 0 Å². The van der Waals surface area contributed by atoms with E-state index >= 15 is 0 Å². The summed E-state index contributed by atoms with van der Waals surface area (Å²) in [4.78, 5) is 27.2. The summed E-state index contributed by atoms with van der Waals surface area (Å²) in [7, 11) is 0. The van der Waals surface area contributed by atoms with Gasteiger partial charge < -0.3 is 4.42 Å². The Hall–Kier alpha value is -3.09. The molecule has 1 N–H and O–H groups in total. The van der Waals surface area contributed by atoms with Crippen molar-refractivity contribution in [1.29, 1.82) is 0 Å². The van der Waals surface area contributed by atoms with Gasteiger partial charge in [-0.2, -0.15) is 0 Å². The molecule has 0 aliphatic rings. The van der Waals surface area contributed by atoms with Crippen LogP contribution in [0.4, 0.5) is 4.39 Å². The molecule has 0 aliphatic heterocycles. The number of furan rings is 1. The van der Waals surface area contributed by atoms with Crippen molar-refractivity contribution in [2.24, 2.45) is 0 Å². The van der Waals surface area contributed by atoms with Gasteiger partial charge in [0.05, 0.1) is 6.42 Å². The minimum atomic E-state index is -0.777. The first kappa shape index (κ1) is 13.9. The lowest BCUT2D eigenvalue weighted by molar-refractivity contribution is -0.114. The van der Waals surface area contributed by atoms with Crippen LogP contribution in [-0.4, -0.2) is 26.7 Å². The third kappa shape index (κ3) is 2.83.